The lowest BCUT2D eigenvalue weighted by Gasteiger charge is -2.13. The Balaban J connectivity index is 1.74. The van der Waals surface area contributed by atoms with Gasteiger partial charge in [0.05, 0.1) is 17.4 Å². The van der Waals surface area contributed by atoms with E-state index in [1.165, 1.54) is 18.2 Å². The van der Waals surface area contributed by atoms with Gasteiger partial charge in [-0.05, 0) is 36.4 Å². The van der Waals surface area contributed by atoms with Crippen molar-refractivity contribution in [3.63, 3.8) is 0 Å². The van der Waals surface area contributed by atoms with E-state index in [0.29, 0.717) is 6.61 Å². The summed E-state index contributed by atoms with van der Waals surface area (Å²) in [5.41, 5.74) is 0.374. The lowest BCUT2D eigenvalue weighted by atomic mass is 10.2. The van der Waals surface area contributed by atoms with E-state index in [4.69, 9.17) is 9.47 Å². The van der Waals surface area contributed by atoms with Crippen LogP contribution < -0.4 is 4.72 Å². The van der Waals surface area contributed by atoms with Gasteiger partial charge in [0, 0.05) is 6.61 Å². The summed E-state index contributed by atoms with van der Waals surface area (Å²) < 4.78 is 38.0. The number of anilines is 1. The first-order valence-corrected chi connectivity index (χ1v) is 9.86. The molecular formula is C16H17NO5S2. The van der Waals surface area contributed by atoms with E-state index in [0.717, 1.165) is 24.2 Å². The molecule has 1 atom stereocenters. The number of hydrogen-bond donors (Lipinski definition) is 1. The van der Waals surface area contributed by atoms with Gasteiger partial charge in [0.25, 0.3) is 10.0 Å². The first-order valence-electron chi connectivity index (χ1n) is 7.50. The lowest BCUT2D eigenvalue weighted by molar-refractivity contribution is 0.0162. The van der Waals surface area contributed by atoms with Crippen LogP contribution in [0.25, 0.3) is 0 Å². The van der Waals surface area contributed by atoms with Crippen LogP contribution in [0.2, 0.25) is 0 Å². The van der Waals surface area contributed by atoms with Crippen LogP contribution in [0.3, 0.4) is 0 Å². The number of carbonyl (C=O) groups is 1. The first-order chi connectivity index (χ1) is 11.6. The number of carbonyl (C=O) groups excluding carboxylic acids is 1. The summed E-state index contributed by atoms with van der Waals surface area (Å²) in [7, 11) is -3.72. The molecule has 1 aliphatic rings. The van der Waals surface area contributed by atoms with Gasteiger partial charge in [-0.1, -0.05) is 18.2 Å². The number of thiophene rings is 1. The Hall–Kier alpha value is -1.90. The molecule has 1 N–H and O–H groups in total. The largest absolute Gasteiger partial charge is 0.459 e. The average molecular weight is 367 g/mol. The zero-order valence-electron chi connectivity index (χ0n) is 12.8. The first kappa shape index (κ1) is 16.9. The monoisotopic (exact) mass is 367 g/mol. The molecule has 0 aliphatic carbocycles. The third kappa shape index (κ3) is 3.95. The highest BCUT2D eigenvalue weighted by Crippen LogP contribution is 2.23. The van der Waals surface area contributed by atoms with Crippen LogP contribution in [-0.4, -0.2) is 33.7 Å². The summed E-state index contributed by atoms with van der Waals surface area (Å²) in [6.45, 7) is 0.851. The number of esters is 1. The van der Waals surface area contributed by atoms with Gasteiger partial charge in [0.1, 0.15) is 10.8 Å². The zero-order chi connectivity index (χ0) is 17.0. The van der Waals surface area contributed by atoms with Gasteiger partial charge in [-0.15, -0.1) is 11.3 Å². The lowest BCUT2D eigenvalue weighted by Crippen LogP contribution is -2.20. The van der Waals surface area contributed by atoms with Crippen molar-refractivity contribution in [3.8, 4) is 0 Å². The maximum atomic E-state index is 12.3. The number of para-hydroxylation sites is 1. The quantitative estimate of drug-likeness (QED) is 0.794. The van der Waals surface area contributed by atoms with Crippen LogP contribution >= 0.6 is 11.3 Å². The molecule has 2 aromatic rings. The summed E-state index contributed by atoms with van der Waals surface area (Å²) in [6.07, 6.45) is 1.74. The molecule has 0 saturated carbocycles. The third-order valence-corrected chi connectivity index (χ3v) is 6.34. The zero-order valence-corrected chi connectivity index (χ0v) is 14.4. The molecule has 0 amide bonds. The maximum Gasteiger partial charge on any atom is 0.340 e. The standard InChI is InChI=1S/C16H17NO5S2/c18-16(22-11-12-5-3-9-21-12)13-6-1-2-7-14(13)17-24(19,20)15-8-4-10-23-15/h1-2,4,6-8,10,12,17H,3,5,9,11H2/t12-/m1/s1. The number of benzene rings is 1. The predicted molar refractivity (Wildman–Crippen MR) is 90.8 cm³/mol. The SMILES string of the molecule is O=C(OC[C@H]1CCCO1)c1ccccc1NS(=O)(=O)c1cccs1. The minimum Gasteiger partial charge on any atom is -0.459 e. The van der Waals surface area contributed by atoms with Crippen molar-refractivity contribution in [2.45, 2.75) is 23.2 Å². The molecule has 0 unspecified atom stereocenters. The van der Waals surface area contributed by atoms with Crippen molar-refractivity contribution in [2.24, 2.45) is 0 Å². The molecule has 0 bridgehead atoms. The molecular weight excluding hydrogens is 350 g/mol. The van der Waals surface area contributed by atoms with Crippen LogP contribution in [0.1, 0.15) is 23.2 Å². The van der Waals surface area contributed by atoms with Crippen LogP contribution in [0, 0.1) is 0 Å². The van der Waals surface area contributed by atoms with Crippen LogP contribution in [0.15, 0.2) is 46.0 Å². The number of sulfonamides is 1. The summed E-state index contributed by atoms with van der Waals surface area (Å²) in [4.78, 5) is 12.3. The van der Waals surface area contributed by atoms with E-state index in [9.17, 15) is 13.2 Å². The van der Waals surface area contributed by atoms with Gasteiger partial charge >= 0.3 is 5.97 Å². The topological polar surface area (TPSA) is 81.7 Å². The molecule has 0 radical (unpaired) electrons. The second kappa shape index (κ2) is 7.33. The van der Waals surface area contributed by atoms with Crippen molar-refractivity contribution < 1.29 is 22.7 Å². The Morgan fingerprint density at radius 3 is 2.83 bits per heavy atom. The van der Waals surface area contributed by atoms with E-state index in [1.807, 2.05) is 0 Å². The molecule has 1 fully saturated rings. The van der Waals surface area contributed by atoms with Crippen molar-refractivity contribution in [2.75, 3.05) is 17.9 Å². The van der Waals surface area contributed by atoms with E-state index in [-0.39, 0.29) is 28.2 Å². The molecule has 128 valence electrons. The second-order valence-corrected chi connectivity index (χ2v) is 8.17. The normalized spacial score (nSPS) is 17.6. The van der Waals surface area contributed by atoms with E-state index >= 15 is 0 Å². The number of rotatable bonds is 6. The van der Waals surface area contributed by atoms with Gasteiger partial charge < -0.3 is 9.47 Å². The molecule has 0 spiro atoms. The molecule has 24 heavy (non-hydrogen) atoms. The fourth-order valence-electron chi connectivity index (χ4n) is 2.38. The summed E-state index contributed by atoms with van der Waals surface area (Å²) >= 11 is 1.11. The Morgan fingerprint density at radius 2 is 2.12 bits per heavy atom. The Bertz CT molecular complexity index is 796. The van der Waals surface area contributed by atoms with Crippen molar-refractivity contribution in [1.82, 2.24) is 0 Å². The highest BCUT2D eigenvalue weighted by molar-refractivity contribution is 7.94. The van der Waals surface area contributed by atoms with Crippen molar-refractivity contribution >= 4 is 33.0 Å². The third-order valence-electron chi connectivity index (χ3n) is 3.58. The molecule has 6 nitrogen and oxygen atoms in total. The summed E-state index contributed by atoms with van der Waals surface area (Å²) in [5.74, 6) is -0.574. The molecule has 1 aromatic carbocycles. The highest BCUT2D eigenvalue weighted by Gasteiger charge is 2.22. The molecule has 1 aromatic heterocycles. The van der Waals surface area contributed by atoms with Gasteiger partial charge in [-0.3, -0.25) is 4.72 Å². The average Bonchev–Trinajstić information content (AvgIpc) is 3.26. The Morgan fingerprint density at radius 1 is 1.29 bits per heavy atom. The van der Waals surface area contributed by atoms with E-state index in [1.54, 1.807) is 23.6 Å². The fourth-order valence-corrected chi connectivity index (χ4v) is 4.46. The second-order valence-electron chi connectivity index (χ2n) is 5.32. The minimum atomic E-state index is -3.72. The smallest absolute Gasteiger partial charge is 0.340 e. The Labute approximate surface area is 144 Å². The van der Waals surface area contributed by atoms with E-state index in [2.05, 4.69) is 4.72 Å². The summed E-state index contributed by atoms with van der Waals surface area (Å²) in [5, 5.41) is 1.68. The Kier molecular flexibility index (Phi) is 5.17. The molecule has 8 heteroatoms. The van der Waals surface area contributed by atoms with Gasteiger partial charge in [0.15, 0.2) is 0 Å². The van der Waals surface area contributed by atoms with E-state index < -0.39 is 16.0 Å². The molecule has 1 aliphatic heterocycles. The van der Waals surface area contributed by atoms with Crippen molar-refractivity contribution in [1.29, 1.82) is 0 Å². The maximum absolute atomic E-state index is 12.3. The molecule has 2 heterocycles. The summed E-state index contributed by atoms with van der Waals surface area (Å²) in [6, 6.07) is 9.54. The molecule has 3 rings (SSSR count). The number of hydrogen-bond acceptors (Lipinski definition) is 6. The fraction of sp³-hybridized carbons (Fsp3) is 0.312. The van der Waals surface area contributed by atoms with Crippen molar-refractivity contribution in [3.05, 3.63) is 47.3 Å². The minimum absolute atomic E-state index is 0.0797. The highest BCUT2D eigenvalue weighted by atomic mass is 32.2. The predicted octanol–water partition coefficient (Wildman–Crippen LogP) is 2.88. The van der Waals surface area contributed by atoms with Gasteiger partial charge in [0.2, 0.25) is 0 Å². The van der Waals surface area contributed by atoms with Gasteiger partial charge in [-0.2, -0.15) is 0 Å². The molecule has 1 saturated heterocycles. The van der Waals surface area contributed by atoms with Crippen LogP contribution in [-0.2, 0) is 19.5 Å². The number of nitrogens with one attached hydrogen (secondary N) is 1. The van der Waals surface area contributed by atoms with Crippen LogP contribution in [0.5, 0.6) is 0 Å². The van der Waals surface area contributed by atoms with Crippen LogP contribution in [0.4, 0.5) is 5.69 Å². The number of ether oxygens (including phenoxy) is 2. The van der Waals surface area contributed by atoms with Gasteiger partial charge in [-0.25, -0.2) is 13.2 Å².